The van der Waals surface area contributed by atoms with Crippen LogP contribution in [-0.2, 0) is 7.05 Å². The van der Waals surface area contributed by atoms with Crippen molar-refractivity contribution < 1.29 is 9.90 Å². The number of hydrogen-bond acceptors (Lipinski definition) is 2. The van der Waals surface area contributed by atoms with Crippen LogP contribution in [0, 0.1) is 13.8 Å². The Morgan fingerprint density at radius 2 is 2.05 bits per heavy atom. The summed E-state index contributed by atoms with van der Waals surface area (Å²) in [5.41, 5.74) is 3.79. The van der Waals surface area contributed by atoms with E-state index >= 15 is 0 Å². The first-order chi connectivity index (χ1) is 9.99. The van der Waals surface area contributed by atoms with Gasteiger partial charge >= 0.3 is 0 Å². The maximum Gasteiger partial charge on any atom is 0.251 e. The van der Waals surface area contributed by atoms with Crippen LogP contribution in [0.3, 0.4) is 0 Å². The summed E-state index contributed by atoms with van der Waals surface area (Å²) in [6.07, 6.45) is 1.82. The zero-order valence-corrected chi connectivity index (χ0v) is 12.8. The molecule has 4 nitrogen and oxygen atoms in total. The minimum absolute atomic E-state index is 0.0998. The molecule has 2 aromatic rings. The number of hydrogen-bond donors (Lipinski definition) is 2. The van der Waals surface area contributed by atoms with Crippen LogP contribution in [0.1, 0.15) is 39.7 Å². The molecule has 0 aliphatic heterocycles. The van der Waals surface area contributed by atoms with E-state index in [4.69, 9.17) is 0 Å². The smallest absolute Gasteiger partial charge is 0.251 e. The first-order valence-corrected chi connectivity index (χ1v) is 7.14. The summed E-state index contributed by atoms with van der Waals surface area (Å²) in [6, 6.07) is 9.44. The molecule has 0 aliphatic rings. The van der Waals surface area contributed by atoms with E-state index in [-0.39, 0.29) is 5.91 Å². The van der Waals surface area contributed by atoms with Gasteiger partial charge < -0.3 is 15.0 Å². The second kappa shape index (κ2) is 6.59. The van der Waals surface area contributed by atoms with Gasteiger partial charge in [0.15, 0.2) is 0 Å². The van der Waals surface area contributed by atoms with Crippen LogP contribution < -0.4 is 5.32 Å². The van der Waals surface area contributed by atoms with Crippen molar-refractivity contribution in [2.75, 3.05) is 6.54 Å². The van der Waals surface area contributed by atoms with E-state index in [0.717, 1.165) is 11.3 Å². The first-order valence-electron chi connectivity index (χ1n) is 7.14. The molecule has 1 aromatic carbocycles. The molecular weight excluding hydrogens is 264 g/mol. The molecule has 0 fully saturated rings. The largest absolute Gasteiger partial charge is 0.387 e. The monoisotopic (exact) mass is 286 g/mol. The summed E-state index contributed by atoms with van der Waals surface area (Å²) >= 11 is 0. The number of benzene rings is 1. The van der Waals surface area contributed by atoms with Gasteiger partial charge in [0.2, 0.25) is 0 Å². The Balaban J connectivity index is 1.87. The zero-order valence-electron chi connectivity index (χ0n) is 12.8. The molecule has 1 unspecified atom stereocenters. The number of carbonyl (C=O) groups is 1. The van der Waals surface area contributed by atoms with E-state index in [1.54, 1.807) is 0 Å². The van der Waals surface area contributed by atoms with Crippen LogP contribution in [0.15, 0.2) is 36.5 Å². The van der Waals surface area contributed by atoms with Crippen LogP contribution in [0.2, 0.25) is 0 Å². The Bertz CT molecular complexity index is 631. The number of aliphatic hydroxyl groups is 1. The maximum absolute atomic E-state index is 12.0. The van der Waals surface area contributed by atoms with Gasteiger partial charge in [-0.05, 0) is 55.7 Å². The van der Waals surface area contributed by atoms with Crippen molar-refractivity contribution >= 4 is 5.91 Å². The summed E-state index contributed by atoms with van der Waals surface area (Å²) < 4.78 is 1.88. The summed E-state index contributed by atoms with van der Waals surface area (Å²) in [7, 11) is 1.90. The molecule has 4 heteroatoms. The van der Waals surface area contributed by atoms with Gasteiger partial charge in [-0.1, -0.05) is 6.07 Å². The average Bonchev–Trinajstić information content (AvgIpc) is 2.88. The van der Waals surface area contributed by atoms with Crippen molar-refractivity contribution in [2.24, 2.45) is 7.05 Å². The molecule has 2 rings (SSSR count). The molecule has 0 spiro atoms. The predicted octanol–water partition coefficient (Wildman–Crippen LogP) is 2.50. The fourth-order valence-electron chi connectivity index (χ4n) is 2.28. The Labute approximate surface area is 125 Å². The highest BCUT2D eigenvalue weighted by atomic mass is 16.3. The molecular formula is C17H22N2O2. The van der Waals surface area contributed by atoms with E-state index in [0.29, 0.717) is 18.5 Å². The number of nitrogens with one attached hydrogen (secondary N) is 1. The Morgan fingerprint density at radius 1 is 1.29 bits per heavy atom. The van der Waals surface area contributed by atoms with Gasteiger partial charge in [0.25, 0.3) is 5.91 Å². The average molecular weight is 286 g/mol. The molecule has 0 saturated carbocycles. The normalized spacial score (nSPS) is 12.2. The van der Waals surface area contributed by atoms with Crippen molar-refractivity contribution in [3.05, 3.63) is 58.9 Å². The highest BCUT2D eigenvalue weighted by Crippen LogP contribution is 2.15. The van der Waals surface area contributed by atoms with Gasteiger partial charge in [0, 0.05) is 31.0 Å². The third-order valence-corrected chi connectivity index (χ3v) is 3.80. The van der Waals surface area contributed by atoms with Crippen molar-refractivity contribution in [3.8, 4) is 0 Å². The standard InChI is InChI=1S/C17H22N2O2/c1-12-6-7-14(11-13(12)2)17(21)18-9-8-16(20)15-5-4-10-19(15)3/h4-7,10-11,16,20H,8-9H2,1-3H3,(H,18,21). The van der Waals surface area contributed by atoms with Gasteiger partial charge in [-0.3, -0.25) is 4.79 Å². The van der Waals surface area contributed by atoms with Crippen molar-refractivity contribution in [3.63, 3.8) is 0 Å². The number of rotatable bonds is 5. The number of aromatic nitrogens is 1. The molecule has 0 bridgehead atoms. The summed E-state index contributed by atoms with van der Waals surface area (Å²) in [4.78, 5) is 12.0. The van der Waals surface area contributed by atoms with Crippen LogP contribution in [0.25, 0.3) is 0 Å². The van der Waals surface area contributed by atoms with Crippen LogP contribution in [0.4, 0.5) is 0 Å². The first kappa shape index (κ1) is 15.3. The second-order valence-electron chi connectivity index (χ2n) is 5.40. The molecule has 0 saturated heterocycles. The lowest BCUT2D eigenvalue weighted by Gasteiger charge is -2.13. The SMILES string of the molecule is Cc1ccc(C(=O)NCCC(O)c2cccn2C)cc1C. The van der Waals surface area contributed by atoms with E-state index in [1.165, 1.54) is 5.56 Å². The Hall–Kier alpha value is -2.07. The number of carbonyl (C=O) groups excluding carboxylic acids is 1. The third-order valence-electron chi connectivity index (χ3n) is 3.80. The maximum atomic E-state index is 12.0. The minimum atomic E-state index is -0.565. The van der Waals surface area contributed by atoms with Crippen molar-refractivity contribution in [2.45, 2.75) is 26.4 Å². The number of amides is 1. The molecule has 2 N–H and O–H groups in total. The zero-order chi connectivity index (χ0) is 15.4. The quantitative estimate of drug-likeness (QED) is 0.887. The van der Waals surface area contributed by atoms with Gasteiger partial charge in [0.1, 0.15) is 0 Å². The lowest BCUT2D eigenvalue weighted by atomic mass is 10.1. The molecule has 1 atom stereocenters. The topological polar surface area (TPSA) is 54.3 Å². The molecule has 0 aliphatic carbocycles. The number of aliphatic hydroxyl groups excluding tert-OH is 1. The molecule has 0 radical (unpaired) electrons. The van der Waals surface area contributed by atoms with E-state index in [2.05, 4.69) is 5.32 Å². The lowest BCUT2D eigenvalue weighted by Crippen LogP contribution is -2.26. The van der Waals surface area contributed by atoms with Gasteiger partial charge in [-0.25, -0.2) is 0 Å². The van der Waals surface area contributed by atoms with Crippen LogP contribution >= 0.6 is 0 Å². The van der Waals surface area contributed by atoms with Crippen molar-refractivity contribution in [1.29, 1.82) is 0 Å². The molecule has 1 heterocycles. The summed E-state index contributed by atoms with van der Waals surface area (Å²) in [6.45, 7) is 4.45. The van der Waals surface area contributed by atoms with Gasteiger partial charge in [-0.15, -0.1) is 0 Å². The van der Waals surface area contributed by atoms with E-state index < -0.39 is 6.10 Å². The van der Waals surface area contributed by atoms with Crippen LogP contribution in [-0.4, -0.2) is 22.1 Å². The highest BCUT2D eigenvalue weighted by Gasteiger charge is 2.11. The van der Waals surface area contributed by atoms with Gasteiger partial charge in [0.05, 0.1) is 6.10 Å². The van der Waals surface area contributed by atoms with E-state index in [1.807, 2.05) is 62.0 Å². The Kier molecular flexibility index (Phi) is 4.81. The summed E-state index contributed by atoms with van der Waals surface area (Å²) in [5.74, 6) is -0.0998. The molecule has 1 aromatic heterocycles. The molecule has 112 valence electrons. The predicted molar refractivity (Wildman–Crippen MR) is 83.2 cm³/mol. The summed E-state index contributed by atoms with van der Waals surface area (Å²) in [5, 5.41) is 12.9. The fraction of sp³-hybridized carbons (Fsp3) is 0.353. The van der Waals surface area contributed by atoms with Gasteiger partial charge in [-0.2, -0.15) is 0 Å². The fourth-order valence-corrected chi connectivity index (χ4v) is 2.28. The second-order valence-corrected chi connectivity index (χ2v) is 5.40. The number of aryl methyl sites for hydroxylation is 3. The minimum Gasteiger partial charge on any atom is -0.387 e. The Morgan fingerprint density at radius 3 is 2.67 bits per heavy atom. The van der Waals surface area contributed by atoms with Crippen LogP contribution in [0.5, 0.6) is 0 Å². The molecule has 21 heavy (non-hydrogen) atoms. The number of nitrogens with zero attached hydrogens (tertiary/aromatic N) is 1. The van der Waals surface area contributed by atoms with Crippen molar-refractivity contribution in [1.82, 2.24) is 9.88 Å². The highest BCUT2D eigenvalue weighted by molar-refractivity contribution is 5.94. The third kappa shape index (κ3) is 3.73. The van der Waals surface area contributed by atoms with E-state index in [9.17, 15) is 9.90 Å². The molecule has 1 amide bonds. The lowest BCUT2D eigenvalue weighted by molar-refractivity contribution is 0.0941.